The molecule has 0 fully saturated rings. The van der Waals surface area contributed by atoms with Gasteiger partial charge in [-0.15, -0.1) is 0 Å². The van der Waals surface area contributed by atoms with E-state index in [9.17, 15) is 14.4 Å². The normalized spacial score (nSPS) is 11.9. The number of anilines is 1. The fourth-order valence-electron chi connectivity index (χ4n) is 3.87. The first-order valence-corrected chi connectivity index (χ1v) is 11.9. The Balaban J connectivity index is 1.36. The van der Waals surface area contributed by atoms with Gasteiger partial charge in [-0.1, -0.05) is 35.3 Å². The van der Waals surface area contributed by atoms with E-state index in [0.717, 1.165) is 5.56 Å². The summed E-state index contributed by atoms with van der Waals surface area (Å²) in [6, 6.07) is 16.8. The van der Waals surface area contributed by atoms with Crippen LogP contribution >= 0.6 is 23.2 Å². The molecule has 0 saturated carbocycles. The van der Waals surface area contributed by atoms with Gasteiger partial charge in [0.2, 0.25) is 6.79 Å². The third-order valence-corrected chi connectivity index (χ3v) is 6.47. The quantitative estimate of drug-likeness (QED) is 0.321. The molecule has 37 heavy (non-hydrogen) atoms. The third-order valence-electron chi connectivity index (χ3n) is 5.82. The van der Waals surface area contributed by atoms with Crippen molar-refractivity contribution >= 4 is 57.5 Å². The maximum absolute atomic E-state index is 13.2. The summed E-state index contributed by atoms with van der Waals surface area (Å²) in [7, 11) is 0. The molecule has 3 N–H and O–H groups in total. The number of hydrogen-bond acceptors (Lipinski definition) is 5. The molecule has 1 aliphatic heterocycles. The highest BCUT2D eigenvalue weighted by atomic mass is 35.5. The van der Waals surface area contributed by atoms with Crippen LogP contribution in [0.4, 0.5) is 5.69 Å². The van der Waals surface area contributed by atoms with Crippen molar-refractivity contribution in [2.45, 2.75) is 13.5 Å². The maximum atomic E-state index is 13.2. The second-order valence-electron chi connectivity index (χ2n) is 8.25. The number of halogens is 2. The van der Waals surface area contributed by atoms with Crippen LogP contribution in [0.25, 0.3) is 10.9 Å². The van der Waals surface area contributed by atoms with Crippen molar-refractivity contribution in [1.82, 2.24) is 9.99 Å². The van der Waals surface area contributed by atoms with Crippen molar-refractivity contribution in [2.24, 2.45) is 0 Å². The summed E-state index contributed by atoms with van der Waals surface area (Å²) in [5.41, 5.74) is 5.02. The van der Waals surface area contributed by atoms with Gasteiger partial charge in [-0.05, 0) is 66.6 Å². The van der Waals surface area contributed by atoms with Gasteiger partial charge in [-0.2, -0.15) is 0 Å². The zero-order chi connectivity index (χ0) is 26.1. The highest BCUT2D eigenvalue weighted by Gasteiger charge is 2.22. The maximum Gasteiger partial charge on any atom is 0.328 e. The summed E-state index contributed by atoms with van der Waals surface area (Å²) in [5, 5.41) is 6.92. The van der Waals surface area contributed by atoms with Crippen molar-refractivity contribution in [2.75, 3.05) is 17.5 Å². The van der Waals surface area contributed by atoms with Crippen LogP contribution in [-0.2, 0) is 16.1 Å². The lowest BCUT2D eigenvalue weighted by Gasteiger charge is -2.14. The standard InChI is InChI=1S/C26H20Cl2N4O5/c1-14-18(28)3-2-4-19(14)30-24(33)21-11-16-10-17(27)6-7-20(16)32(21)31-26(35)25(34)29-12-15-5-8-22-23(9-15)37-13-36-22/h2-11H,12-13H2,1H3,(H,29,34)(H,30,33)(H,31,35). The van der Waals surface area contributed by atoms with Gasteiger partial charge in [0.1, 0.15) is 5.69 Å². The number of nitrogens with zero attached hydrogens (tertiary/aromatic N) is 1. The van der Waals surface area contributed by atoms with Crippen LogP contribution in [0.1, 0.15) is 21.6 Å². The van der Waals surface area contributed by atoms with Crippen molar-refractivity contribution in [3.05, 3.63) is 87.5 Å². The summed E-state index contributed by atoms with van der Waals surface area (Å²) >= 11 is 12.3. The van der Waals surface area contributed by atoms with E-state index in [1.54, 1.807) is 67.6 Å². The second-order valence-corrected chi connectivity index (χ2v) is 9.09. The molecular formula is C26H20Cl2N4O5. The smallest absolute Gasteiger partial charge is 0.328 e. The molecule has 9 nitrogen and oxygen atoms in total. The predicted octanol–water partition coefficient (Wildman–Crippen LogP) is 4.62. The number of rotatable bonds is 5. The molecule has 0 spiro atoms. The van der Waals surface area contributed by atoms with Crippen LogP contribution < -0.4 is 25.5 Å². The largest absolute Gasteiger partial charge is 0.454 e. The van der Waals surface area contributed by atoms with E-state index in [1.807, 2.05) is 0 Å². The molecule has 3 aromatic carbocycles. The molecule has 11 heteroatoms. The van der Waals surface area contributed by atoms with E-state index in [0.29, 0.717) is 43.7 Å². The number of nitrogens with one attached hydrogen (secondary N) is 3. The van der Waals surface area contributed by atoms with Gasteiger partial charge in [0, 0.05) is 27.7 Å². The molecule has 1 aromatic heterocycles. The second kappa shape index (κ2) is 10.0. The Kier molecular flexibility index (Phi) is 6.64. The molecule has 0 radical (unpaired) electrons. The molecular weight excluding hydrogens is 519 g/mol. The van der Waals surface area contributed by atoms with Gasteiger partial charge in [-0.25, -0.2) is 4.68 Å². The monoisotopic (exact) mass is 538 g/mol. The number of carbonyl (C=O) groups excluding carboxylic acids is 3. The highest BCUT2D eigenvalue weighted by Crippen LogP contribution is 2.32. The minimum Gasteiger partial charge on any atom is -0.454 e. The number of hydrogen-bond donors (Lipinski definition) is 3. The van der Waals surface area contributed by atoms with Gasteiger partial charge in [0.25, 0.3) is 5.91 Å². The topological polar surface area (TPSA) is 111 Å². The van der Waals surface area contributed by atoms with E-state index in [2.05, 4.69) is 16.1 Å². The number of fused-ring (bicyclic) bond motifs is 2. The first kappa shape index (κ1) is 24.5. The Morgan fingerprint density at radius 3 is 2.59 bits per heavy atom. The van der Waals surface area contributed by atoms with Gasteiger partial charge in [-0.3, -0.25) is 19.8 Å². The fourth-order valence-corrected chi connectivity index (χ4v) is 4.22. The molecule has 0 bridgehead atoms. The Bertz CT molecular complexity index is 1570. The van der Waals surface area contributed by atoms with E-state index >= 15 is 0 Å². The van der Waals surface area contributed by atoms with Crippen LogP contribution in [0.5, 0.6) is 11.5 Å². The fraction of sp³-hybridized carbons (Fsp3) is 0.115. The summed E-state index contributed by atoms with van der Waals surface area (Å²) < 4.78 is 11.9. The number of benzene rings is 3. The lowest BCUT2D eigenvalue weighted by molar-refractivity contribution is -0.136. The van der Waals surface area contributed by atoms with Crippen molar-refractivity contribution in [3.8, 4) is 11.5 Å². The summed E-state index contributed by atoms with van der Waals surface area (Å²) in [6.45, 7) is 2.00. The molecule has 1 aliphatic rings. The molecule has 4 aromatic rings. The average Bonchev–Trinajstić information content (AvgIpc) is 3.49. The molecule has 0 atom stereocenters. The van der Waals surface area contributed by atoms with Gasteiger partial charge in [0.15, 0.2) is 11.5 Å². The SMILES string of the molecule is Cc1c(Cl)cccc1NC(=O)c1cc2cc(Cl)ccc2n1NC(=O)C(=O)NCc1ccc2c(c1)OCO2. The first-order valence-electron chi connectivity index (χ1n) is 11.2. The lowest BCUT2D eigenvalue weighted by Crippen LogP contribution is -2.39. The average molecular weight is 539 g/mol. The summed E-state index contributed by atoms with van der Waals surface area (Å²) in [5.74, 6) is -1.17. The Morgan fingerprint density at radius 1 is 0.946 bits per heavy atom. The van der Waals surface area contributed by atoms with Crippen molar-refractivity contribution in [1.29, 1.82) is 0 Å². The molecule has 5 rings (SSSR count). The highest BCUT2D eigenvalue weighted by molar-refractivity contribution is 6.38. The third kappa shape index (κ3) is 5.04. The van der Waals surface area contributed by atoms with Crippen LogP contribution in [-0.4, -0.2) is 29.2 Å². The van der Waals surface area contributed by atoms with Crippen molar-refractivity contribution in [3.63, 3.8) is 0 Å². The van der Waals surface area contributed by atoms with Gasteiger partial charge in [0.05, 0.1) is 5.52 Å². The molecule has 0 unspecified atom stereocenters. The van der Waals surface area contributed by atoms with Crippen LogP contribution in [0.2, 0.25) is 10.0 Å². The zero-order valence-electron chi connectivity index (χ0n) is 19.4. The molecule has 0 aliphatic carbocycles. The van der Waals surface area contributed by atoms with Gasteiger partial charge < -0.3 is 20.1 Å². The number of aromatic nitrogens is 1. The molecule has 3 amide bonds. The number of ether oxygens (including phenoxy) is 2. The van der Waals surface area contributed by atoms with E-state index in [-0.39, 0.29) is 19.0 Å². The van der Waals surface area contributed by atoms with Crippen molar-refractivity contribution < 1.29 is 23.9 Å². The Hall–Kier alpha value is -4.21. The van der Waals surface area contributed by atoms with Crippen LogP contribution in [0.15, 0.2) is 60.7 Å². The molecule has 0 saturated heterocycles. The first-order chi connectivity index (χ1) is 17.8. The zero-order valence-corrected chi connectivity index (χ0v) is 20.9. The lowest BCUT2D eigenvalue weighted by atomic mass is 10.2. The summed E-state index contributed by atoms with van der Waals surface area (Å²) in [6.07, 6.45) is 0. The van der Waals surface area contributed by atoms with E-state index in [1.165, 1.54) is 4.68 Å². The van der Waals surface area contributed by atoms with E-state index < -0.39 is 17.7 Å². The van der Waals surface area contributed by atoms with Crippen LogP contribution in [0.3, 0.4) is 0 Å². The molecule has 2 heterocycles. The minimum atomic E-state index is -0.957. The minimum absolute atomic E-state index is 0.0896. The molecule has 188 valence electrons. The Labute approximate surface area is 221 Å². The predicted molar refractivity (Wildman–Crippen MR) is 140 cm³/mol. The number of amides is 3. The number of carbonyl (C=O) groups is 3. The van der Waals surface area contributed by atoms with Crippen LogP contribution in [0, 0.1) is 6.92 Å². The Morgan fingerprint density at radius 2 is 1.76 bits per heavy atom. The van der Waals surface area contributed by atoms with Gasteiger partial charge >= 0.3 is 11.8 Å². The van der Waals surface area contributed by atoms with E-state index in [4.69, 9.17) is 32.7 Å². The summed E-state index contributed by atoms with van der Waals surface area (Å²) in [4.78, 5) is 38.6.